The highest BCUT2D eigenvalue weighted by Crippen LogP contribution is 2.18. The van der Waals surface area contributed by atoms with Gasteiger partial charge in [-0.2, -0.15) is 0 Å². The molecule has 1 unspecified atom stereocenters. The Balaban J connectivity index is 1.42. The average molecular weight is 488 g/mol. The highest BCUT2D eigenvalue weighted by molar-refractivity contribution is 5.85. The molecule has 7 nitrogen and oxygen atoms in total. The number of amides is 2. The SMILES string of the molecule is COc1ccc(CN2CC(OCc3cccnc3)CN(C(=O)CCCc3ccccc3)CC2=O)cc1. The summed E-state index contributed by atoms with van der Waals surface area (Å²) in [6, 6.07) is 21.6. The van der Waals surface area contributed by atoms with Crippen molar-refractivity contribution in [2.45, 2.75) is 38.5 Å². The molecule has 1 aliphatic rings. The monoisotopic (exact) mass is 487 g/mol. The van der Waals surface area contributed by atoms with Crippen LogP contribution in [0.3, 0.4) is 0 Å². The van der Waals surface area contributed by atoms with E-state index < -0.39 is 0 Å². The minimum Gasteiger partial charge on any atom is -0.497 e. The molecule has 0 spiro atoms. The summed E-state index contributed by atoms with van der Waals surface area (Å²) in [5, 5.41) is 0. The zero-order valence-corrected chi connectivity index (χ0v) is 20.7. The number of carbonyl (C=O) groups excluding carboxylic acids is 2. The second-order valence-electron chi connectivity index (χ2n) is 9.03. The van der Waals surface area contributed by atoms with Gasteiger partial charge in [-0.15, -0.1) is 0 Å². The fourth-order valence-corrected chi connectivity index (χ4v) is 4.32. The molecule has 1 fully saturated rings. The van der Waals surface area contributed by atoms with Gasteiger partial charge in [-0.25, -0.2) is 0 Å². The number of pyridine rings is 1. The molecule has 1 aromatic heterocycles. The summed E-state index contributed by atoms with van der Waals surface area (Å²) < 4.78 is 11.5. The largest absolute Gasteiger partial charge is 0.497 e. The van der Waals surface area contributed by atoms with Crippen LogP contribution in [0.1, 0.15) is 29.5 Å². The summed E-state index contributed by atoms with van der Waals surface area (Å²) in [6.45, 7) is 1.69. The number of ether oxygens (including phenoxy) is 2. The summed E-state index contributed by atoms with van der Waals surface area (Å²) in [7, 11) is 1.63. The zero-order valence-electron chi connectivity index (χ0n) is 20.7. The topological polar surface area (TPSA) is 72.0 Å². The number of nitrogens with zero attached hydrogens (tertiary/aromatic N) is 3. The molecule has 0 aliphatic carbocycles. The number of rotatable bonds is 10. The maximum Gasteiger partial charge on any atom is 0.242 e. The van der Waals surface area contributed by atoms with Gasteiger partial charge in [0.15, 0.2) is 0 Å². The van der Waals surface area contributed by atoms with E-state index in [-0.39, 0.29) is 24.5 Å². The summed E-state index contributed by atoms with van der Waals surface area (Å²) >= 11 is 0. The first-order chi connectivity index (χ1) is 17.6. The summed E-state index contributed by atoms with van der Waals surface area (Å²) in [5.41, 5.74) is 3.16. The average Bonchev–Trinajstić information content (AvgIpc) is 3.07. The molecule has 1 saturated heterocycles. The van der Waals surface area contributed by atoms with Gasteiger partial charge < -0.3 is 19.3 Å². The van der Waals surface area contributed by atoms with Crippen LogP contribution in [0.2, 0.25) is 0 Å². The van der Waals surface area contributed by atoms with Crippen LogP contribution in [0.5, 0.6) is 5.75 Å². The maximum atomic E-state index is 13.2. The van der Waals surface area contributed by atoms with Crippen LogP contribution in [0.15, 0.2) is 79.1 Å². The van der Waals surface area contributed by atoms with Crippen molar-refractivity contribution in [2.75, 3.05) is 26.7 Å². The van der Waals surface area contributed by atoms with E-state index in [0.717, 1.165) is 29.7 Å². The predicted molar refractivity (Wildman–Crippen MR) is 137 cm³/mol. The van der Waals surface area contributed by atoms with Gasteiger partial charge in [-0.1, -0.05) is 48.5 Å². The third kappa shape index (κ3) is 7.39. The van der Waals surface area contributed by atoms with Crippen molar-refractivity contribution < 1.29 is 19.1 Å². The summed E-state index contributed by atoms with van der Waals surface area (Å²) in [6.07, 6.45) is 5.16. The van der Waals surface area contributed by atoms with Crippen LogP contribution in [0.25, 0.3) is 0 Å². The second kappa shape index (κ2) is 12.8. The standard InChI is InChI=1S/C29H33N3O4/c1-35-26-14-12-24(13-15-26)18-31-19-27(36-22-25-10-6-16-30-17-25)20-32(21-29(31)34)28(33)11-5-9-23-7-3-2-4-8-23/h2-4,6-8,10,12-17,27H,5,9,11,18-22H2,1H3. The number of carbonyl (C=O) groups is 2. The molecule has 188 valence electrons. The Kier molecular flexibility index (Phi) is 9.05. The van der Waals surface area contributed by atoms with Crippen molar-refractivity contribution in [2.24, 2.45) is 0 Å². The minimum absolute atomic E-state index is 0.0134. The molecule has 0 saturated carbocycles. The molecule has 0 radical (unpaired) electrons. The third-order valence-electron chi connectivity index (χ3n) is 6.32. The smallest absolute Gasteiger partial charge is 0.242 e. The van der Waals surface area contributed by atoms with E-state index in [9.17, 15) is 9.59 Å². The van der Waals surface area contributed by atoms with Gasteiger partial charge in [0.2, 0.25) is 11.8 Å². The molecular formula is C29H33N3O4. The fourth-order valence-electron chi connectivity index (χ4n) is 4.32. The lowest BCUT2D eigenvalue weighted by molar-refractivity contribution is -0.139. The van der Waals surface area contributed by atoms with Crippen molar-refractivity contribution in [1.29, 1.82) is 0 Å². The van der Waals surface area contributed by atoms with Gasteiger partial charge in [0.05, 0.1) is 26.4 Å². The first-order valence-electron chi connectivity index (χ1n) is 12.3. The summed E-state index contributed by atoms with van der Waals surface area (Å²) in [5.74, 6) is 0.682. The molecule has 1 aliphatic heterocycles. The van der Waals surface area contributed by atoms with Gasteiger partial charge in [0.25, 0.3) is 0 Å². The van der Waals surface area contributed by atoms with Crippen LogP contribution in [-0.2, 0) is 33.9 Å². The van der Waals surface area contributed by atoms with E-state index in [1.807, 2.05) is 54.6 Å². The molecule has 1 atom stereocenters. The molecule has 0 bridgehead atoms. The second-order valence-corrected chi connectivity index (χ2v) is 9.03. The highest BCUT2D eigenvalue weighted by Gasteiger charge is 2.30. The molecule has 7 heteroatoms. The zero-order chi connectivity index (χ0) is 25.2. The van der Waals surface area contributed by atoms with Gasteiger partial charge in [0.1, 0.15) is 5.75 Å². The normalized spacial score (nSPS) is 16.0. The lowest BCUT2D eigenvalue weighted by Crippen LogP contribution is -2.39. The Labute approximate surface area is 212 Å². The minimum atomic E-state index is -0.298. The molecular weight excluding hydrogens is 454 g/mol. The number of benzene rings is 2. The Morgan fingerprint density at radius 3 is 2.47 bits per heavy atom. The van der Waals surface area contributed by atoms with E-state index >= 15 is 0 Å². The Bertz CT molecular complexity index is 1110. The van der Waals surface area contributed by atoms with E-state index in [2.05, 4.69) is 17.1 Å². The van der Waals surface area contributed by atoms with Crippen molar-refractivity contribution >= 4 is 11.8 Å². The fraction of sp³-hybridized carbons (Fsp3) is 0.345. The highest BCUT2D eigenvalue weighted by atomic mass is 16.5. The van der Waals surface area contributed by atoms with Crippen LogP contribution in [0.4, 0.5) is 0 Å². The van der Waals surface area contributed by atoms with Crippen molar-refractivity contribution in [1.82, 2.24) is 14.8 Å². The number of methoxy groups -OCH3 is 1. The van der Waals surface area contributed by atoms with E-state index in [0.29, 0.717) is 32.7 Å². The Hall–Kier alpha value is -3.71. The molecule has 3 aromatic rings. The lowest BCUT2D eigenvalue weighted by atomic mass is 10.1. The number of aryl methyl sites for hydroxylation is 1. The van der Waals surface area contributed by atoms with Gasteiger partial charge in [0, 0.05) is 38.4 Å². The molecule has 0 N–H and O–H groups in total. The number of hydrogen-bond donors (Lipinski definition) is 0. The van der Waals surface area contributed by atoms with Crippen LogP contribution in [-0.4, -0.2) is 59.4 Å². The molecule has 2 aromatic carbocycles. The Morgan fingerprint density at radius 2 is 1.75 bits per heavy atom. The van der Waals surface area contributed by atoms with Crippen LogP contribution in [0, 0.1) is 0 Å². The van der Waals surface area contributed by atoms with Gasteiger partial charge in [-0.3, -0.25) is 14.6 Å². The van der Waals surface area contributed by atoms with E-state index in [1.165, 1.54) is 5.56 Å². The first-order valence-corrected chi connectivity index (χ1v) is 12.3. The van der Waals surface area contributed by atoms with Crippen molar-refractivity contribution in [3.8, 4) is 5.75 Å². The quantitative estimate of drug-likeness (QED) is 0.434. The van der Waals surface area contributed by atoms with Crippen molar-refractivity contribution in [3.63, 3.8) is 0 Å². The van der Waals surface area contributed by atoms with Gasteiger partial charge >= 0.3 is 0 Å². The maximum absolute atomic E-state index is 13.2. The van der Waals surface area contributed by atoms with E-state index in [1.54, 1.807) is 29.3 Å². The molecule has 36 heavy (non-hydrogen) atoms. The lowest BCUT2D eigenvalue weighted by Gasteiger charge is -2.25. The third-order valence-corrected chi connectivity index (χ3v) is 6.32. The molecule has 2 heterocycles. The van der Waals surface area contributed by atoms with Crippen molar-refractivity contribution in [3.05, 3.63) is 95.8 Å². The van der Waals surface area contributed by atoms with Gasteiger partial charge in [-0.05, 0) is 47.7 Å². The Morgan fingerprint density at radius 1 is 0.972 bits per heavy atom. The van der Waals surface area contributed by atoms with Crippen LogP contribution < -0.4 is 4.74 Å². The molecule has 4 rings (SSSR count). The summed E-state index contributed by atoms with van der Waals surface area (Å²) in [4.78, 5) is 33.9. The first kappa shape index (κ1) is 25.4. The predicted octanol–water partition coefficient (Wildman–Crippen LogP) is 3.87. The number of hydrogen-bond acceptors (Lipinski definition) is 5. The molecule has 2 amide bonds. The van der Waals surface area contributed by atoms with E-state index in [4.69, 9.17) is 9.47 Å². The number of aromatic nitrogens is 1. The van der Waals surface area contributed by atoms with Crippen LogP contribution >= 0.6 is 0 Å².